The van der Waals surface area contributed by atoms with E-state index in [-0.39, 0.29) is 11.8 Å². The number of ether oxygens (including phenoxy) is 1. The first-order chi connectivity index (χ1) is 15.4. The van der Waals surface area contributed by atoms with Crippen LogP contribution in [0.1, 0.15) is 44.5 Å². The molecular weight excluding hydrogens is 455 g/mol. The molecule has 0 aliphatic carbocycles. The van der Waals surface area contributed by atoms with E-state index in [2.05, 4.69) is 4.98 Å². The fourth-order valence-electron chi connectivity index (χ4n) is 3.62. The highest BCUT2D eigenvalue weighted by Gasteiger charge is 2.31. The van der Waals surface area contributed by atoms with E-state index in [0.29, 0.717) is 28.6 Å². The van der Waals surface area contributed by atoms with E-state index in [4.69, 9.17) is 9.72 Å². The zero-order valence-corrected chi connectivity index (χ0v) is 19.6. The Bertz CT molecular complexity index is 1140. The maximum Gasteiger partial charge on any atom is 0.422 e. The van der Waals surface area contributed by atoms with E-state index in [9.17, 15) is 23.1 Å². The van der Waals surface area contributed by atoms with Gasteiger partial charge >= 0.3 is 12.1 Å². The first kappa shape index (κ1) is 24.9. The molecule has 0 bridgehead atoms. The minimum atomic E-state index is -4.42. The van der Waals surface area contributed by atoms with Gasteiger partial charge in [0.1, 0.15) is 5.75 Å². The average Bonchev–Trinajstić information content (AvgIpc) is 3.09. The lowest BCUT2D eigenvalue weighted by Gasteiger charge is -2.26. The van der Waals surface area contributed by atoms with Crippen LogP contribution >= 0.6 is 11.8 Å². The lowest BCUT2D eigenvalue weighted by atomic mass is 9.86. The van der Waals surface area contributed by atoms with Crippen molar-refractivity contribution < 1.29 is 27.8 Å². The highest BCUT2D eigenvalue weighted by atomic mass is 32.2. The van der Waals surface area contributed by atoms with E-state index >= 15 is 0 Å². The van der Waals surface area contributed by atoms with Crippen molar-refractivity contribution in [1.29, 1.82) is 0 Å². The SMILES string of the molecule is Cc1c(OCC(F)(F)F)ccnc1CSc1nc2ccccc2n1C(C)CC(C)(C)C(=O)O. The molecule has 0 saturated carbocycles. The molecule has 3 rings (SSSR count). The molecule has 2 aromatic heterocycles. The maximum atomic E-state index is 12.5. The van der Waals surface area contributed by atoms with Gasteiger partial charge in [0.05, 0.1) is 22.1 Å². The standard InChI is InChI=1S/C23H26F3N3O3S/c1-14(11-22(3,4)20(30)31)29-18-8-6-5-7-16(18)28-21(29)33-12-17-15(2)19(9-10-27-17)32-13-23(24,25)26/h5-10,14H,11-13H2,1-4H3,(H,30,31). The minimum Gasteiger partial charge on any atom is -0.484 e. The number of para-hydroxylation sites is 2. The van der Waals surface area contributed by atoms with E-state index in [1.165, 1.54) is 24.0 Å². The van der Waals surface area contributed by atoms with Crippen LogP contribution in [0.4, 0.5) is 13.2 Å². The number of aromatic nitrogens is 3. The summed E-state index contributed by atoms with van der Waals surface area (Å²) in [7, 11) is 0. The summed E-state index contributed by atoms with van der Waals surface area (Å²) < 4.78 is 44.6. The van der Waals surface area contributed by atoms with Gasteiger partial charge < -0.3 is 14.4 Å². The number of hydrogen-bond donors (Lipinski definition) is 1. The Morgan fingerprint density at radius 1 is 1.24 bits per heavy atom. The highest BCUT2D eigenvalue weighted by molar-refractivity contribution is 7.98. The summed E-state index contributed by atoms with van der Waals surface area (Å²) in [5.41, 5.74) is 1.89. The average molecular weight is 482 g/mol. The summed E-state index contributed by atoms with van der Waals surface area (Å²) >= 11 is 1.40. The van der Waals surface area contributed by atoms with Gasteiger partial charge in [0, 0.05) is 23.6 Å². The van der Waals surface area contributed by atoms with Crippen molar-refractivity contribution in [1.82, 2.24) is 14.5 Å². The minimum absolute atomic E-state index is 0.142. The second-order valence-electron chi connectivity index (χ2n) is 8.57. The smallest absolute Gasteiger partial charge is 0.422 e. The number of rotatable bonds is 9. The number of imidazole rings is 1. The van der Waals surface area contributed by atoms with Crippen LogP contribution in [-0.2, 0) is 10.5 Å². The molecule has 1 atom stereocenters. The van der Waals surface area contributed by atoms with Gasteiger partial charge in [0.25, 0.3) is 0 Å². The van der Waals surface area contributed by atoms with Gasteiger partial charge in [-0.05, 0) is 52.3 Å². The Morgan fingerprint density at radius 2 is 1.94 bits per heavy atom. The number of halogens is 3. The van der Waals surface area contributed by atoms with Crippen molar-refractivity contribution in [2.75, 3.05) is 6.61 Å². The van der Waals surface area contributed by atoms with E-state index in [1.54, 1.807) is 20.8 Å². The molecule has 0 aliphatic rings. The van der Waals surface area contributed by atoms with E-state index in [1.807, 2.05) is 35.8 Å². The van der Waals surface area contributed by atoms with Crippen LogP contribution in [0.5, 0.6) is 5.75 Å². The van der Waals surface area contributed by atoms with Gasteiger partial charge in [-0.1, -0.05) is 23.9 Å². The summed E-state index contributed by atoms with van der Waals surface area (Å²) in [6.45, 7) is 5.65. The molecule has 33 heavy (non-hydrogen) atoms. The number of carbonyl (C=O) groups is 1. The summed E-state index contributed by atoms with van der Waals surface area (Å²) in [6.07, 6.45) is -2.60. The number of hydrogen-bond acceptors (Lipinski definition) is 5. The fourth-order valence-corrected chi connectivity index (χ4v) is 4.76. The van der Waals surface area contributed by atoms with Gasteiger partial charge in [-0.25, -0.2) is 4.98 Å². The monoisotopic (exact) mass is 481 g/mol. The molecule has 0 saturated heterocycles. The lowest BCUT2D eigenvalue weighted by Crippen LogP contribution is -2.27. The van der Waals surface area contributed by atoms with E-state index in [0.717, 1.165) is 11.0 Å². The molecule has 0 amide bonds. The number of alkyl halides is 3. The van der Waals surface area contributed by atoms with E-state index < -0.39 is 24.2 Å². The molecular formula is C23H26F3N3O3S. The second-order valence-corrected chi connectivity index (χ2v) is 9.51. The van der Waals surface area contributed by atoms with Gasteiger partial charge in [-0.2, -0.15) is 13.2 Å². The molecule has 0 aliphatic heterocycles. The molecule has 1 unspecified atom stereocenters. The molecule has 10 heteroatoms. The van der Waals surface area contributed by atoms with Crippen LogP contribution in [0.2, 0.25) is 0 Å². The van der Waals surface area contributed by atoms with Crippen LogP contribution in [0.15, 0.2) is 41.7 Å². The Balaban J connectivity index is 1.87. The Morgan fingerprint density at radius 3 is 2.61 bits per heavy atom. The highest BCUT2D eigenvalue weighted by Crippen LogP contribution is 2.36. The second kappa shape index (κ2) is 9.62. The third-order valence-corrected chi connectivity index (χ3v) is 6.34. The zero-order chi connectivity index (χ0) is 24.4. The van der Waals surface area contributed by atoms with Gasteiger partial charge in [-0.3, -0.25) is 9.78 Å². The molecule has 0 spiro atoms. The number of pyridine rings is 1. The molecule has 0 radical (unpaired) electrons. The van der Waals surface area contributed by atoms with Crippen LogP contribution < -0.4 is 4.74 Å². The Hall–Kier alpha value is -2.75. The van der Waals surface area contributed by atoms with Gasteiger partial charge in [0.15, 0.2) is 11.8 Å². The molecule has 178 valence electrons. The Kier molecular flexibility index (Phi) is 7.26. The quantitative estimate of drug-likeness (QED) is 0.376. The predicted molar refractivity (Wildman–Crippen MR) is 121 cm³/mol. The number of nitrogens with zero attached hydrogens (tertiary/aromatic N) is 3. The number of benzene rings is 1. The molecule has 1 N–H and O–H groups in total. The number of aliphatic carboxylic acids is 1. The van der Waals surface area contributed by atoms with Crippen LogP contribution in [0.25, 0.3) is 11.0 Å². The molecule has 0 fully saturated rings. The van der Waals surface area contributed by atoms with Crippen molar-refractivity contribution in [2.24, 2.45) is 5.41 Å². The third kappa shape index (κ3) is 5.98. The van der Waals surface area contributed by atoms with Crippen LogP contribution in [0, 0.1) is 12.3 Å². The fraction of sp³-hybridized carbons (Fsp3) is 0.435. The zero-order valence-electron chi connectivity index (χ0n) is 18.8. The summed E-state index contributed by atoms with van der Waals surface area (Å²) in [5, 5.41) is 10.2. The lowest BCUT2D eigenvalue weighted by molar-refractivity contribution is -0.153. The topological polar surface area (TPSA) is 77.2 Å². The number of carboxylic acid groups (broad SMARTS) is 1. The predicted octanol–water partition coefficient (Wildman–Crippen LogP) is 6.04. The van der Waals surface area contributed by atoms with Gasteiger partial charge in [0.2, 0.25) is 0 Å². The van der Waals surface area contributed by atoms with Crippen LogP contribution in [-0.4, -0.2) is 38.4 Å². The van der Waals surface area contributed by atoms with Crippen molar-refractivity contribution in [2.45, 2.75) is 57.2 Å². The van der Waals surface area contributed by atoms with Crippen molar-refractivity contribution in [3.8, 4) is 5.75 Å². The third-order valence-electron chi connectivity index (χ3n) is 5.38. The number of fused-ring (bicyclic) bond motifs is 1. The largest absolute Gasteiger partial charge is 0.484 e. The maximum absolute atomic E-state index is 12.5. The van der Waals surface area contributed by atoms with Crippen molar-refractivity contribution >= 4 is 28.8 Å². The summed E-state index contributed by atoms with van der Waals surface area (Å²) in [6, 6.07) is 8.87. The number of carboxylic acids is 1. The first-order valence-corrected chi connectivity index (χ1v) is 11.3. The van der Waals surface area contributed by atoms with Crippen molar-refractivity contribution in [3.05, 3.63) is 47.8 Å². The van der Waals surface area contributed by atoms with Gasteiger partial charge in [-0.15, -0.1) is 0 Å². The summed E-state index contributed by atoms with van der Waals surface area (Å²) in [4.78, 5) is 20.7. The van der Waals surface area contributed by atoms with Crippen molar-refractivity contribution in [3.63, 3.8) is 0 Å². The number of thioether (sulfide) groups is 1. The first-order valence-electron chi connectivity index (χ1n) is 10.4. The molecule has 1 aromatic carbocycles. The van der Waals surface area contributed by atoms with Crippen LogP contribution in [0.3, 0.4) is 0 Å². The Labute approximate surface area is 194 Å². The molecule has 2 heterocycles. The summed E-state index contributed by atoms with van der Waals surface area (Å²) in [5.74, 6) is -0.362. The molecule has 3 aromatic rings. The normalized spacial score (nSPS) is 13.3. The molecule has 6 nitrogen and oxygen atoms in total.